The lowest BCUT2D eigenvalue weighted by atomic mass is 10.1. The van der Waals surface area contributed by atoms with Gasteiger partial charge in [-0.1, -0.05) is 48.3 Å². The van der Waals surface area contributed by atoms with Gasteiger partial charge in [-0.25, -0.2) is 4.39 Å². The second-order valence-corrected chi connectivity index (χ2v) is 7.58. The third-order valence-electron chi connectivity index (χ3n) is 3.98. The summed E-state index contributed by atoms with van der Waals surface area (Å²) >= 11 is 6.51. The third-order valence-corrected chi connectivity index (χ3v) is 5.36. The van der Waals surface area contributed by atoms with E-state index in [1.54, 1.807) is 43.5 Å². The zero-order chi connectivity index (χ0) is 20.1. The molecule has 0 bridgehead atoms. The summed E-state index contributed by atoms with van der Waals surface area (Å²) < 4.78 is 24.7. The van der Waals surface area contributed by atoms with E-state index in [-0.39, 0.29) is 18.3 Å². The Morgan fingerprint density at radius 1 is 1.21 bits per heavy atom. The van der Waals surface area contributed by atoms with Gasteiger partial charge in [0.25, 0.3) is 5.91 Å². The summed E-state index contributed by atoms with van der Waals surface area (Å²) in [5.74, 6) is 0.676. The fourth-order valence-corrected chi connectivity index (χ4v) is 3.85. The number of methoxy groups -OCH3 is 1. The first-order valence-corrected chi connectivity index (χ1v) is 9.66. The number of halogens is 1. The lowest BCUT2D eigenvalue weighted by molar-refractivity contribution is -0.121. The molecule has 0 aliphatic carbocycles. The molecule has 0 N–H and O–H groups in total. The van der Waals surface area contributed by atoms with Gasteiger partial charge in [-0.2, -0.15) is 0 Å². The second kappa shape index (κ2) is 9.03. The molecule has 1 aliphatic heterocycles. The molecule has 3 rings (SSSR count). The lowest BCUT2D eigenvalue weighted by Gasteiger charge is -2.12. The summed E-state index contributed by atoms with van der Waals surface area (Å²) in [6, 6.07) is 11.5. The van der Waals surface area contributed by atoms with E-state index in [9.17, 15) is 9.18 Å². The predicted molar refractivity (Wildman–Crippen MR) is 114 cm³/mol. The summed E-state index contributed by atoms with van der Waals surface area (Å²) in [4.78, 5) is 14.5. The molecule has 0 radical (unpaired) electrons. The normalized spacial score (nSPS) is 15.2. The summed E-state index contributed by atoms with van der Waals surface area (Å²) in [7, 11) is 1.55. The molecule has 2 aromatic carbocycles. The molecular weight excluding hydrogens is 397 g/mol. The maximum atomic E-state index is 13.0. The first-order chi connectivity index (χ1) is 13.5. The quantitative estimate of drug-likeness (QED) is 0.369. The molecule has 0 spiro atoms. The van der Waals surface area contributed by atoms with Crippen molar-refractivity contribution in [3.05, 3.63) is 77.0 Å². The van der Waals surface area contributed by atoms with Crippen LogP contribution in [0.5, 0.6) is 11.5 Å². The van der Waals surface area contributed by atoms with Crippen molar-refractivity contribution < 1.29 is 18.7 Å². The Balaban J connectivity index is 1.76. The van der Waals surface area contributed by atoms with Crippen LogP contribution in [0.3, 0.4) is 0 Å². The Hall–Kier alpha value is -2.64. The highest BCUT2D eigenvalue weighted by atomic mass is 32.2. The van der Waals surface area contributed by atoms with Gasteiger partial charge in [0, 0.05) is 6.54 Å². The molecule has 2 aromatic rings. The molecule has 1 amide bonds. The van der Waals surface area contributed by atoms with Crippen LogP contribution in [-0.4, -0.2) is 28.8 Å². The number of ether oxygens (including phenoxy) is 2. The van der Waals surface area contributed by atoms with Crippen molar-refractivity contribution in [3.8, 4) is 11.5 Å². The molecule has 0 unspecified atom stereocenters. The van der Waals surface area contributed by atoms with Gasteiger partial charge in [0.05, 0.1) is 12.0 Å². The maximum Gasteiger partial charge on any atom is 0.266 e. The van der Waals surface area contributed by atoms with Crippen LogP contribution >= 0.6 is 24.0 Å². The number of carbonyl (C=O) groups is 1. The average Bonchev–Trinajstić information content (AvgIpc) is 2.96. The number of thioether (sulfide) groups is 1. The van der Waals surface area contributed by atoms with Gasteiger partial charge < -0.3 is 9.47 Å². The number of rotatable bonds is 7. The SMILES string of the molecule is C=CCN1C(=O)/C(=C/c2ccc(OCc3ccc(F)cc3)c(OC)c2)SC1=S. The Morgan fingerprint density at radius 2 is 1.96 bits per heavy atom. The van der Waals surface area contributed by atoms with Gasteiger partial charge in [-0.05, 0) is 41.5 Å². The third kappa shape index (κ3) is 4.61. The first-order valence-electron chi connectivity index (χ1n) is 8.43. The van der Waals surface area contributed by atoms with Crippen LogP contribution < -0.4 is 9.47 Å². The van der Waals surface area contributed by atoms with Crippen molar-refractivity contribution in [2.75, 3.05) is 13.7 Å². The monoisotopic (exact) mass is 415 g/mol. The zero-order valence-corrected chi connectivity index (χ0v) is 16.8. The number of hydrogen-bond acceptors (Lipinski definition) is 5. The van der Waals surface area contributed by atoms with E-state index in [4.69, 9.17) is 21.7 Å². The minimum Gasteiger partial charge on any atom is -0.493 e. The fraction of sp³-hybridized carbons (Fsp3) is 0.143. The van der Waals surface area contributed by atoms with E-state index < -0.39 is 0 Å². The van der Waals surface area contributed by atoms with E-state index in [1.807, 2.05) is 6.07 Å². The van der Waals surface area contributed by atoms with E-state index in [0.29, 0.717) is 27.3 Å². The van der Waals surface area contributed by atoms with Crippen molar-refractivity contribution in [3.63, 3.8) is 0 Å². The molecule has 4 nitrogen and oxygen atoms in total. The van der Waals surface area contributed by atoms with Crippen molar-refractivity contribution in [2.24, 2.45) is 0 Å². The predicted octanol–water partition coefficient (Wildman–Crippen LogP) is 4.80. The van der Waals surface area contributed by atoms with Gasteiger partial charge >= 0.3 is 0 Å². The number of carbonyl (C=O) groups excluding carboxylic acids is 1. The van der Waals surface area contributed by atoms with Gasteiger partial charge in [0.1, 0.15) is 16.7 Å². The van der Waals surface area contributed by atoms with Gasteiger partial charge in [-0.3, -0.25) is 9.69 Å². The minimum absolute atomic E-state index is 0.134. The smallest absolute Gasteiger partial charge is 0.266 e. The number of amides is 1. The molecule has 1 fully saturated rings. The van der Waals surface area contributed by atoms with Crippen LogP contribution in [0.15, 0.2) is 60.0 Å². The highest BCUT2D eigenvalue weighted by Gasteiger charge is 2.30. The van der Waals surface area contributed by atoms with Crippen LogP contribution in [0.1, 0.15) is 11.1 Å². The highest BCUT2D eigenvalue weighted by Crippen LogP contribution is 2.34. The Kier molecular flexibility index (Phi) is 6.49. The summed E-state index contributed by atoms with van der Waals surface area (Å²) in [5.41, 5.74) is 1.64. The van der Waals surface area contributed by atoms with Gasteiger partial charge in [0.15, 0.2) is 11.5 Å². The van der Waals surface area contributed by atoms with Crippen molar-refractivity contribution in [1.29, 1.82) is 0 Å². The largest absolute Gasteiger partial charge is 0.493 e. The number of thiocarbonyl (C=S) groups is 1. The topological polar surface area (TPSA) is 38.8 Å². The standard InChI is InChI=1S/C21H18FNO3S2/c1-3-10-23-20(24)19(28-21(23)27)12-15-6-9-17(18(11-15)25-2)26-13-14-4-7-16(22)8-5-14/h3-9,11-12H,1,10,13H2,2H3/b19-12-. The van der Waals surface area contributed by atoms with Crippen LogP contribution in [0.4, 0.5) is 4.39 Å². The number of hydrogen-bond donors (Lipinski definition) is 0. The molecular formula is C21H18FNO3S2. The summed E-state index contributed by atoms with van der Waals surface area (Å²) in [6.45, 7) is 4.33. The van der Waals surface area contributed by atoms with Crippen molar-refractivity contribution in [2.45, 2.75) is 6.61 Å². The maximum absolute atomic E-state index is 13.0. The van der Waals surface area contributed by atoms with E-state index in [2.05, 4.69) is 6.58 Å². The first kappa shape index (κ1) is 20.1. The minimum atomic E-state index is -0.288. The molecule has 1 heterocycles. The average molecular weight is 416 g/mol. The number of nitrogens with zero attached hydrogens (tertiary/aromatic N) is 1. The van der Waals surface area contributed by atoms with Crippen LogP contribution in [0.25, 0.3) is 6.08 Å². The van der Waals surface area contributed by atoms with Crippen LogP contribution in [0, 0.1) is 5.82 Å². The van der Waals surface area contributed by atoms with E-state index >= 15 is 0 Å². The Morgan fingerprint density at radius 3 is 2.64 bits per heavy atom. The van der Waals surface area contributed by atoms with Crippen molar-refractivity contribution in [1.82, 2.24) is 4.90 Å². The second-order valence-electron chi connectivity index (χ2n) is 5.91. The van der Waals surface area contributed by atoms with Crippen molar-refractivity contribution >= 4 is 40.3 Å². The Bertz CT molecular complexity index is 941. The fourth-order valence-electron chi connectivity index (χ4n) is 2.57. The molecule has 144 valence electrons. The molecule has 7 heteroatoms. The van der Waals surface area contributed by atoms with E-state index in [0.717, 1.165) is 11.1 Å². The van der Waals surface area contributed by atoms with Gasteiger partial charge in [-0.15, -0.1) is 6.58 Å². The zero-order valence-electron chi connectivity index (χ0n) is 15.2. The lowest BCUT2D eigenvalue weighted by Crippen LogP contribution is -2.27. The Labute approximate surface area is 172 Å². The molecule has 0 aromatic heterocycles. The van der Waals surface area contributed by atoms with Crippen LogP contribution in [0.2, 0.25) is 0 Å². The number of benzene rings is 2. The molecule has 1 aliphatic rings. The highest BCUT2D eigenvalue weighted by molar-refractivity contribution is 8.26. The van der Waals surface area contributed by atoms with Gasteiger partial charge in [0.2, 0.25) is 0 Å². The summed E-state index contributed by atoms with van der Waals surface area (Å²) in [5, 5.41) is 0. The van der Waals surface area contributed by atoms with E-state index in [1.165, 1.54) is 28.8 Å². The molecule has 28 heavy (non-hydrogen) atoms. The molecule has 0 saturated carbocycles. The summed E-state index contributed by atoms with van der Waals surface area (Å²) in [6.07, 6.45) is 3.42. The molecule has 0 atom stereocenters. The molecule has 1 saturated heterocycles. The van der Waals surface area contributed by atoms with Crippen LogP contribution in [-0.2, 0) is 11.4 Å².